The molecule has 1 N–H and O–H groups in total. The minimum Gasteiger partial charge on any atom is -0.385 e. The monoisotopic (exact) mass is 212 g/mol. The van der Waals surface area contributed by atoms with E-state index in [0.717, 1.165) is 11.3 Å². The molecule has 80 valence electrons. The van der Waals surface area contributed by atoms with Gasteiger partial charge in [0.15, 0.2) is 0 Å². The molecular weight excluding hydrogens is 192 g/mol. The number of hydrogen-bond donors (Lipinski definition) is 1. The lowest BCUT2D eigenvalue weighted by molar-refractivity contribution is 0.0347. The predicted octanol–water partition coefficient (Wildman–Crippen LogP) is 3.78. The summed E-state index contributed by atoms with van der Waals surface area (Å²) in [7, 11) is 0. The molecule has 0 bridgehead atoms. The maximum absolute atomic E-state index is 10.3. The van der Waals surface area contributed by atoms with Crippen LogP contribution in [0.25, 0.3) is 0 Å². The highest BCUT2D eigenvalue weighted by Gasteiger charge is 2.26. The van der Waals surface area contributed by atoms with Crippen LogP contribution >= 0.6 is 11.3 Å². The van der Waals surface area contributed by atoms with E-state index in [1.54, 1.807) is 11.3 Å². The molecular formula is C12H20OS. The summed E-state index contributed by atoms with van der Waals surface area (Å²) in [6.07, 6.45) is 3.25. The minimum atomic E-state index is -0.636. The van der Waals surface area contributed by atoms with Crippen LogP contribution in [0.3, 0.4) is 0 Å². The Hall–Kier alpha value is -0.340. The highest BCUT2D eigenvalue weighted by Crippen LogP contribution is 2.32. The number of hydrogen-bond acceptors (Lipinski definition) is 2. The van der Waals surface area contributed by atoms with Gasteiger partial charge in [0, 0.05) is 4.88 Å². The Bertz CT molecular complexity index is 251. The van der Waals surface area contributed by atoms with E-state index < -0.39 is 5.60 Å². The molecule has 0 aliphatic heterocycles. The molecule has 14 heavy (non-hydrogen) atoms. The first kappa shape index (κ1) is 11.7. The first-order valence-electron chi connectivity index (χ1n) is 5.32. The summed E-state index contributed by atoms with van der Waals surface area (Å²) in [6, 6.07) is 4.02. The number of thiophene rings is 1. The molecule has 1 rings (SSSR count). The first-order valence-corrected chi connectivity index (χ1v) is 6.20. The van der Waals surface area contributed by atoms with Crippen molar-refractivity contribution in [3.05, 3.63) is 22.4 Å². The Morgan fingerprint density at radius 2 is 2.29 bits per heavy atom. The van der Waals surface area contributed by atoms with Crippen LogP contribution in [0.15, 0.2) is 17.5 Å². The van der Waals surface area contributed by atoms with E-state index in [2.05, 4.69) is 13.8 Å². The molecule has 2 atom stereocenters. The van der Waals surface area contributed by atoms with Crippen LogP contribution in [-0.4, -0.2) is 5.11 Å². The minimum absolute atomic E-state index is 0.595. The van der Waals surface area contributed by atoms with E-state index in [1.807, 2.05) is 24.4 Å². The predicted molar refractivity (Wildman–Crippen MR) is 62.6 cm³/mol. The quantitative estimate of drug-likeness (QED) is 0.787. The Morgan fingerprint density at radius 3 is 2.79 bits per heavy atom. The molecule has 0 aromatic carbocycles. The Morgan fingerprint density at radius 1 is 1.57 bits per heavy atom. The van der Waals surface area contributed by atoms with Crippen LogP contribution < -0.4 is 0 Å². The molecule has 0 saturated carbocycles. The second-order valence-electron chi connectivity index (χ2n) is 4.35. The molecule has 1 heterocycles. The molecule has 0 radical (unpaired) electrons. The first-order chi connectivity index (χ1) is 6.56. The highest BCUT2D eigenvalue weighted by atomic mass is 32.1. The number of rotatable bonds is 5. The zero-order chi connectivity index (χ0) is 10.6. The van der Waals surface area contributed by atoms with Gasteiger partial charge in [-0.3, -0.25) is 0 Å². The maximum Gasteiger partial charge on any atom is 0.0962 e. The zero-order valence-corrected chi connectivity index (χ0v) is 10.1. The SMILES string of the molecule is CCCC(C)CC(C)(O)c1cccs1. The third-order valence-electron chi connectivity index (χ3n) is 2.58. The van der Waals surface area contributed by atoms with Crippen molar-refractivity contribution in [1.82, 2.24) is 0 Å². The van der Waals surface area contributed by atoms with Crippen molar-refractivity contribution >= 4 is 11.3 Å². The van der Waals surface area contributed by atoms with Gasteiger partial charge in [-0.05, 0) is 30.7 Å². The van der Waals surface area contributed by atoms with Crippen LogP contribution in [0.2, 0.25) is 0 Å². The van der Waals surface area contributed by atoms with Gasteiger partial charge >= 0.3 is 0 Å². The van der Waals surface area contributed by atoms with Crippen molar-refractivity contribution in [3.8, 4) is 0 Å². The van der Waals surface area contributed by atoms with Gasteiger partial charge in [-0.1, -0.05) is 32.8 Å². The van der Waals surface area contributed by atoms with Gasteiger partial charge < -0.3 is 5.11 Å². The van der Waals surface area contributed by atoms with Crippen LogP contribution in [-0.2, 0) is 5.60 Å². The summed E-state index contributed by atoms with van der Waals surface area (Å²) in [5.74, 6) is 0.595. The van der Waals surface area contributed by atoms with Gasteiger partial charge in [0.05, 0.1) is 5.60 Å². The average Bonchev–Trinajstić information content (AvgIpc) is 2.54. The van der Waals surface area contributed by atoms with Crippen LogP contribution in [0.1, 0.15) is 44.9 Å². The maximum atomic E-state index is 10.3. The summed E-state index contributed by atoms with van der Waals surface area (Å²) in [5.41, 5.74) is -0.636. The van der Waals surface area contributed by atoms with Gasteiger partial charge in [-0.15, -0.1) is 11.3 Å². The summed E-state index contributed by atoms with van der Waals surface area (Å²) in [5, 5.41) is 12.3. The second-order valence-corrected chi connectivity index (χ2v) is 5.30. The molecule has 1 nitrogen and oxygen atoms in total. The normalized spacial score (nSPS) is 17.7. The summed E-state index contributed by atoms with van der Waals surface area (Å²) in [4.78, 5) is 1.08. The van der Waals surface area contributed by atoms with Gasteiger partial charge in [0.25, 0.3) is 0 Å². The van der Waals surface area contributed by atoms with Gasteiger partial charge in [0.1, 0.15) is 0 Å². The second kappa shape index (κ2) is 4.94. The standard InChI is InChI=1S/C12H20OS/c1-4-6-10(2)9-12(3,13)11-7-5-8-14-11/h5,7-8,10,13H,4,6,9H2,1-3H3. The van der Waals surface area contributed by atoms with E-state index in [1.165, 1.54) is 12.8 Å². The largest absolute Gasteiger partial charge is 0.385 e. The van der Waals surface area contributed by atoms with Crippen molar-refractivity contribution in [2.24, 2.45) is 5.92 Å². The summed E-state index contributed by atoms with van der Waals surface area (Å²) in [6.45, 7) is 6.33. The number of aliphatic hydroxyl groups is 1. The van der Waals surface area contributed by atoms with Gasteiger partial charge in [0.2, 0.25) is 0 Å². The molecule has 0 fully saturated rings. The summed E-state index contributed by atoms with van der Waals surface area (Å²) < 4.78 is 0. The molecule has 2 unspecified atom stereocenters. The lowest BCUT2D eigenvalue weighted by atomic mass is 9.89. The molecule has 0 saturated heterocycles. The van der Waals surface area contributed by atoms with Gasteiger partial charge in [-0.25, -0.2) is 0 Å². The molecule has 0 aliphatic rings. The molecule has 0 spiro atoms. The molecule has 1 aromatic rings. The van der Waals surface area contributed by atoms with E-state index in [0.29, 0.717) is 5.92 Å². The van der Waals surface area contributed by atoms with E-state index in [9.17, 15) is 5.11 Å². The lowest BCUT2D eigenvalue weighted by Gasteiger charge is -2.25. The summed E-state index contributed by atoms with van der Waals surface area (Å²) >= 11 is 1.64. The van der Waals surface area contributed by atoms with Crippen molar-refractivity contribution in [1.29, 1.82) is 0 Å². The van der Waals surface area contributed by atoms with E-state index in [4.69, 9.17) is 0 Å². The van der Waals surface area contributed by atoms with Crippen molar-refractivity contribution in [3.63, 3.8) is 0 Å². The zero-order valence-electron chi connectivity index (χ0n) is 9.29. The smallest absolute Gasteiger partial charge is 0.0962 e. The fourth-order valence-electron chi connectivity index (χ4n) is 1.96. The van der Waals surface area contributed by atoms with Gasteiger partial charge in [-0.2, -0.15) is 0 Å². The fourth-order valence-corrected chi connectivity index (χ4v) is 2.76. The molecule has 2 heteroatoms. The van der Waals surface area contributed by atoms with Crippen LogP contribution in [0, 0.1) is 5.92 Å². The molecule has 0 aliphatic carbocycles. The third kappa shape index (κ3) is 3.10. The van der Waals surface area contributed by atoms with Crippen LogP contribution in [0.4, 0.5) is 0 Å². The highest BCUT2D eigenvalue weighted by molar-refractivity contribution is 7.10. The van der Waals surface area contributed by atoms with Crippen molar-refractivity contribution < 1.29 is 5.11 Å². The molecule has 0 amide bonds. The Labute approximate surface area is 90.8 Å². The topological polar surface area (TPSA) is 20.2 Å². The van der Waals surface area contributed by atoms with Crippen molar-refractivity contribution in [2.45, 2.75) is 45.6 Å². The average molecular weight is 212 g/mol. The Balaban J connectivity index is 2.58. The third-order valence-corrected chi connectivity index (χ3v) is 3.70. The van der Waals surface area contributed by atoms with Crippen LogP contribution in [0.5, 0.6) is 0 Å². The van der Waals surface area contributed by atoms with Crippen molar-refractivity contribution in [2.75, 3.05) is 0 Å². The lowest BCUT2D eigenvalue weighted by Crippen LogP contribution is -2.22. The molecule has 1 aromatic heterocycles. The Kier molecular flexibility index (Phi) is 4.14. The van der Waals surface area contributed by atoms with E-state index >= 15 is 0 Å². The van der Waals surface area contributed by atoms with E-state index in [-0.39, 0.29) is 0 Å². The fraction of sp³-hybridized carbons (Fsp3) is 0.667.